The standard InChI is InChI=1S/C20H23N5O2.2ClH/c1-27-18-9-12-22-16(13-18)14-24-20(26)25(17-5-3-2-4-6-17)19(23-24)15-7-10-21-11-8-15;;/h2-6,9,12-13,15,21H,7-8,10-11,14H2,1H3;2*1H. The lowest BCUT2D eigenvalue weighted by Crippen LogP contribution is -2.29. The van der Waals surface area contributed by atoms with Crippen LogP contribution in [0.2, 0.25) is 0 Å². The number of aromatic nitrogens is 4. The van der Waals surface area contributed by atoms with Crippen molar-refractivity contribution in [2.75, 3.05) is 20.2 Å². The second kappa shape index (κ2) is 10.4. The summed E-state index contributed by atoms with van der Waals surface area (Å²) < 4.78 is 8.51. The summed E-state index contributed by atoms with van der Waals surface area (Å²) in [7, 11) is 1.62. The number of pyridine rings is 1. The van der Waals surface area contributed by atoms with Crippen molar-refractivity contribution in [3.05, 3.63) is 70.7 Å². The maximum Gasteiger partial charge on any atom is 0.350 e. The van der Waals surface area contributed by atoms with Crippen molar-refractivity contribution in [3.63, 3.8) is 0 Å². The van der Waals surface area contributed by atoms with Crippen LogP contribution in [0.5, 0.6) is 5.75 Å². The molecule has 0 aliphatic carbocycles. The molecule has 1 N–H and O–H groups in total. The van der Waals surface area contributed by atoms with E-state index in [1.807, 2.05) is 36.4 Å². The lowest BCUT2D eigenvalue weighted by molar-refractivity contribution is 0.413. The summed E-state index contributed by atoms with van der Waals surface area (Å²) in [5.74, 6) is 1.81. The second-order valence-electron chi connectivity index (χ2n) is 6.68. The van der Waals surface area contributed by atoms with Crippen LogP contribution in [0, 0.1) is 0 Å². The highest BCUT2D eigenvalue weighted by molar-refractivity contribution is 5.85. The molecular formula is C20H25Cl2N5O2. The Kier molecular flexibility index (Phi) is 8.25. The van der Waals surface area contributed by atoms with Crippen LogP contribution in [0.3, 0.4) is 0 Å². The number of nitrogens with one attached hydrogen (secondary N) is 1. The lowest BCUT2D eigenvalue weighted by Gasteiger charge is -2.22. The van der Waals surface area contributed by atoms with E-state index in [1.165, 1.54) is 4.68 Å². The largest absolute Gasteiger partial charge is 0.497 e. The van der Waals surface area contributed by atoms with Crippen LogP contribution in [0.25, 0.3) is 5.69 Å². The van der Waals surface area contributed by atoms with Crippen LogP contribution in [0.1, 0.15) is 30.3 Å². The Balaban J connectivity index is 0.00000150. The number of methoxy groups -OCH3 is 1. The van der Waals surface area contributed by atoms with Gasteiger partial charge in [-0.1, -0.05) is 18.2 Å². The van der Waals surface area contributed by atoms with Gasteiger partial charge in [0.2, 0.25) is 0 Å². The van der Waals surface area contributed by atoms with Crippen LogP contribution in [0.4, 0.5) is 0 Å². The van der Waals surface area contributed by atoms with E-state index in [9.17, 15) is 4.79 Å². The lowest BCUT2D eigenvalue weighted by atomic mass is 9.97. The molecule has 3 heterocycles. The number of benzene rings is 1. The number of ether oxygens (including phenoxy) is 1. The Morgan fingerprint density at radius 3 is 2.55 bits per heavy atom. The highest BCUT2D eigenvalue weighted by Crippen LogP contribution is 2.24. The fourth-order valence-electron chi connectivity index (χ4n) is 3.51. The minimum atomic E-state index is -0.139. The number of para-hydroxylation sites is 1. The average Bonchev–Trinajstić information content (AvgIpc) is 3.05. The summed E-state index contributed by atoms with van der Waals surface area (Å²) in [6, 6.07) is 13.3. The van der Waals surface area contributed by atoms with E-state index in [4.69, 9.17) is 9.84 Å². The molecule has 0 amide bonds. The minimum absolute atomic E-state index is 0. The van der Waals surface area contributed by atoms with E-state index < -0.39 is 0 Å². The first-order chi connectivity index (χ1) is 13.3. The molecule has 29 heavy (non-hydrogen) atoms. The Hall–Kier alpha value is -2.35. The van der Waals surface area contributed by atoms with Crippen molar-refractivity contribution in [3.8, 4) is 11.4 Å². The maximum absolute atomic E-state index is 13.2. The normalized spacial score (nSPS) is 14.0. The van der Waals surface area contributed by atoms with Crippen molar-refractivity contribution in [1.82, 2.24) is 24.6 Å². The molecule has 0 bridgehead atoms. The van der Waals surface area contributed by atoms with Crippen LogP contribution in [-0.4, -0.2) is 39.5 Å². The van der Waals surface area contributed by atoms with Gasteiger partial charge in [-0.05, 0) is 44.1 Å². The van der Waals surface area contributed by atoms with Crippen LogP contribution < -0.4 is 15.7 Å². The van der Waals surface area contributed by atoms with Crippen molar-refractivity contribution in [2.24, 2.45) is 0 Å². The molecule has 0 saturated carbocycles. The summed E-state index contributed by atoms with van der Waals surface area (Å²) >= 11 is 0. The van der Waals surface area contributed by atoms with Gasteiger partial charge in [-0.25, -0.2) is 14.0 Å². The summed E-state index contributed by atoms with van der Waals surface area (Å²) in [5, 5.41) is 8.09. The zero-order valence-electron chi connectivity index (χ0n) is 16.2. The molecule has 7 nitrogen and oxygen atoms in total. The molecular weight excluding hydrogens is 413 g/mol. The van der Waals surface area contributed by atoms with Gasteiger partial charge in [0, 0.05) is 18.2 Å². The van der Waals surface area contributed by atoms with Crippen molar-refractivity contribution >= 4 is 24.8 Å². The van der Waals surface area contributed by atoms with Gasteiger partial charge >= 0.3 is 5.69 Å². The smallest absolute Gasteiger partial charge is 0.350 e. The zero-order chi connectivity index (χ0) is 18.6. The molecule has 1 aromatic carbocycles. The van der Waals surface area contributed by atoms with Gasteiger partial charge in [0.25, 0.3) is 0 Å². The molecule has 9 heteroatoms. The summed E-state index contributed by atoms with van der Waals surface area (Å²) in [4.78, 5) is 17.5. The number of piperidine rings is 1. The first-order valence-electron chi connectivity index (χ1n) is 9.21. The monoisotopic (exact) mass is 437 g/mol. The number of hydrogen-bond acceptors (Lipinski definition) is 5. The van der Waals surface area contributed by atoms with E-state index in [0.29, 0.717) is 12.3 Å². The number of nitrogens with zero attached hydrogens (tertiary/aromatic N) is 4. The third-order valence-electron chi connectivity index (χ3n) is 4.92. The molecule has 2 aromatic heterocycles. The van der Waals surface area contributed by atoms with Gasteiger partial charge in [0.15, 0.2) is 0 Å². The number of halogens is 2. The van der Waals surface area contributed by atoms with E-state index in [0.717, 1.165) is 43.1 Å². The highest BCUT2D eigenvalue weighted by Gasteiger charge is 2.25. The molecule has 0 radical (unpaired) electrons. The Bertz CT molecular complexity index is 969. The molecule has 1 aliphatic heterocycles. The Morgan fingerprint density at radius 2 is 1.86 bits per heavy atom. The van der Waals surface area contributed by atoms with Gasteiger partial charge in [-0.15, -0.1) is 24.8 Å². The summed E-state index contributed by atoms with van der Waals surface area (Å²) in [5.41, 5.74) is 1.45. The van der Waals surface area contributed by atoms with E-state index >= 15 is 0 Å². The van der Waals surface area contributed by atoms with E-state index in [1.54, 1.807) is 23.9 Å². The van der Waals surface area contributed by atoms with Gasteiger partial charge in [0.1, 0.15) is 11.6 Å². The average molecular weight is 438 g/mol. The van der Waals surface area contributed by atoms with Gasteiger partial charge in [0.05, 0.1) is 25.0 Å². The molecule has 0 unspecified atom stereocenters. The van der Waals surface area contributed by atoms with Crippen LogP contribution in [-0.2, 0) is 6.54 Å². The first-order valence-corrected chi connectivity index (χ1v) is 9.21. The van der Waals surface area contributed by atoms with E-state index in [2.05, 4.69) is 10.3 Å². The molecule has 1 fully saturated rings. The minimum Gasteiger partial charge on any atom is -0.497 e. The third kappa shape index (κ3) is 4.98. The summed E-state index contributed by atoms with van der Waals surface area (Å²) in [6.07, 6.45) is 3.63. The fourth-order valence-corrected chi connectivity index (χ4v) is 3.51. The van der Waals surface area contributed by atoms with Crippen molar-refractivity contribution in [1.29, 1.82) is 0 Å². The zero-order valence-corrected chi connectivity index (χ0v) is 17.8. The quantitative estimate of drug-likeness (QED) is 0.663. The molecule has 3 aromatic rings. The SMILES string of the molecule is COc1ccnc(Cn2nc(C3CCNCC3)n(-c3ccccc3)c2=O)c1.Cl.Cl. The fraction of sp³-hybridized carbons (Fsp3) is 0.350. The molecule has 0 atom stereocenters. The second-order valence-corrected chi connectivity index (χ2v) is 6.68. The summed E-state index contributed by atoms with van der Waals surface area (Å²) in [6.45, 7) is 2.20. The van der Waals surface area contributed by atoms with Crippen LogP contribution >= 0.6 is 24.8 Å². The number of rotatable bonds is 5. The molecule has 0 spiro atoms. The Labute approximate surface area is 181 Å². The molecule has 156 valence electrons. The number of hydrogen-bond donors (Lipinski definition) is 1. The Morgan fingerprint density at radius 1 is 1.14 bits per heavy atom. The van der Waals surface area contributed by atoms with Gasteiger partial charge in [-0.2, -0.15) is 5.10 Å². The van der Waals surface area contributed by atoms with Gasteiger partial charge < -0.3 is 10.1 Å². The van der Waals surface area contributed by atoms with Crippen LogP contribution in [0.15, 0.2) is 53.5 Å². The van der Waals surface area contributed by atoms with Gasteiger partial charge in [-0.3, -0.25) is 4.98 Å². The predicted molar refractivity (Wildman–Crippen MR) is 117 cm³/mol. The molecule has 1 saturated heterocycles. The van der Waals surface area contributed by atoms with Crippen molar-refractivity contribution in [2.45, 2.75) is 25.3 Å². The third-order valence-corrected chi connectivity index (χ3v) is 4.92. The molecule has 1 aliphatic rings. The highest BCUT2D eigenvalue weighted by atomic mass is 35.5. The van der Waals surface area contributed by atoms with Crippen molar-refractivity contribution < 1.29 is 4.74 Å². The molecule has 4 rings (SSSR count). The first kappa shape index (κ1) is 22.9. The maximum atomic E-state index is 13.2. The topological polar surface area (TPSA) is 74.0 Å². The predicted octanol–water partition coefficient (Wildman–Crippen LogP) is 2.80. The van der Waals surface area contributed by atoms with E-state index in [-0.39, 0.29) is 36.4 Å².